The minimum atomic E-state index is 0.337. The Kier molecular flexibility index (Phi) is 3.23. The van der Waals surface area contributed by atoms with Crippen LogP contribution in [0, 0.1) is 5.92 Å². The molecule has 2 heteroatoms. The Hall–Kier alpha value is -0.0800. The molecular formula is C11H21NO. The highest BCUT2D eigenvalue weighted by Gasteiger charge is 2.33. The summed E-state index contributed by atoms with van der Waals surface area (Å²) in [5.41, 5.74) is 0. The van der Waals surface area contributed by atoms with Gasteiger partial charge in [0.1, 0.15) is 0 Å². The van der Waals surface area contributed by atoms with Gasteiger partial charge in [0.2, 0.25) is 0 Å². The van der Waals surface area contributed by atoms with E-state index in [1.54, 1.807) is 0 Å². The van der Waals surface area contributed by atoms with Gasteiger partial charge in [0.05, 0.1) is 6.61 Å². The maximum Gasteiger partial charge on any atom is 0.0558 e. The standard InChI is InChI=1S/C11H21NO/c13-9-8-12-7-6-10-4-2-1-3-5-11(10)12/h10-11,13H,1-9H2. The Morgan fingerprint density at radius 1 is 1.08 bits per heavy atom. The fraction of sp³-hybridized carbons (Fsp3) is 1.00. The number of likely N-dealkylation sites (tertiary alicyclic amines) is 1. The van der Waals surface area contributed by atoms with E-state index in [9.17, 15) is 0 Å². The van der Waals surface area contributed by atoms with Gasteiger partial charge in [-0.25, -0.2) is 0 Å². The Morgan fingerprint density at radius 3 is 2.77 bits per heavy atom. The van der Waals surface area contributed by atoms with Crippen LogP contribution in [-0.4, -0.2) is 35.7 Å². The molecule has 2 fully saturated rings. The van der Waals surface area contributed by atoms with Gasteiger partial charge < -0.3 is 5.11 Å². The summed E-state index contributed by atoms with van der Waals surface area (Å²) in [6, 6.07) is 0.814. The van der Waals surface area contributed by atoms with Gasteiger partial charge in [-0.1, -0.05) is 19.3 Å². The van der Waals surface area contributed by atoms with Crippen molar-refractivity contribution in [2.75, 3.05) is 19.7 Å². The molecular weight excluding hydrogens is 162 g/mol. The highest BCUT2D eigenvalue weighted by Crippen LogP contribution is 2.34. The minimum Gasteiger partial charge on any atom is -0.395 e. The van der Waals surface area contributed by atoms with Gasteiger partial charge in [-0.05, 0) is 31.7 Å². The molecule has 2 atom stereocenters. The van der Waals surface area contributed by atoms with Crippen molar-refractivity contribution in [2.45, 2.75) is 44.6 Å². The lowest BCUT2D eigenvalue weighted by atomic mass is 9.96. The third kappa shape index (κ3) is 2.05. The van der Waals surface area contributed by atoms with E-state index >= 15 is 0 Å². The molecule has 0 aromatic carbocycles. The summed E-state index contributed by atoms with van der Waals surface area (Å²) < 4.78 is 0. The number of nitrogens with zero attached hydrogens (tertiary/aromatic N) is 1. The van der Waals surface area contributed by atoms with Gasteiger partial charge in [-0.2, -0.15) is 0 Å². The summed E-state index contributed by atoms with van der Waals surface area (Å²) in [4.78, 5) is 2.51. The maximum absolute atomic E-state index is 8.95. The topological polar surface area (TPSA) is 23.5 Å². The van der Waals surface area contributed by atoms with E-state index in [1.807, 2.05) is 0 Å². The summed E-state index contributed by atoms with van der Waals surface area (Å²) >= 11 is 0. The molecule has 0 amide bonds. The summed E-state index contributed by atoms with van der Waals surface area (Å²) in [6.45, 7) is 2.47. The van der Waals surface area contributed by atoms with E-state index in [0.717, 1.165) is 18.5 Å². The molecule has 2 rings (SSSR count). The lowest BCUT2D eigenvalue weighted by Gasteiger charge is -2.25. The zero-order valence-corrected chi connectivity index (χ0v) is 8.41. The van der Waals surface area contributed by atoms with E-state index in [1.165, 1.54) is 45.1 Å². The fourth-order valence-corrected chi connectivity index (χ4v) is 3.09. The minimum absolute atomic E-state index is 0.337. The molecule has 0 aromatic heterocycles. The third-order valence-corrected chi connectivity index (χ3v) is 3.76. The van der Waals surface area contributed by atoms with Crippen molar-refractivity contribution in [1.82, 2.24) is 4.90 Å². The first kappa shape index (κ1) is 9.47. The number of hydrogen-bond donors (Lipinski definition) is 1. The predicted octanol–water partition coefficient (Wildman–Crippen LogP) is 1.63. The SMILES string of the molecule is OCCN1CCC2CCCCCC21. The van der Waals surface area contributed by atoms with Gasteiger partial charge in [0.15, 0.2) is 0 Å². The molecule has 13 heavy (non-hydrogen) atoms. The van der Waals surface area contributed by atoms with Crippen molar-refractivity contribution >= 4 is 0 Å². The van der Waals surface area contributed by atoms with Crippen molar-refractivity contribution in [1.29, 1.82) is 0 Å². The molecule has 1 aliphatic carbocycles. The van der Waals surface area contributed by atoms with Crippen LogP contribution in [-0.2, 0) is 0 Å². The molecule has 0 radical (unpaired) electrons. The lowest BCUT2D eigenvalue weighted by molar-refractivity contribution is 0.166. The van der Waals surface area contributed by atoms with Gasteiger partial charge in [-0.15, -0.1) is 0 Å². The van der Waals surface area contributed by atoms with Crippen LogP contribution in [0.5, 0.6) is 0 Å². The molecule has 0 aromatic rings. The predicted molar refractivity (Wildman–Crippen MR) is 53.6 cm³/mol. The van der Waals surface area contributed by atoms with E-state index in [0.29, 0.717) is 6.61 Å². The largest absolute Gasteiger partial charge is 0.395 e. The second-order valence-corrected chi connectivity index (χ2v) is 4.51. The molecule has 1 N–H and O–H groups in total. The normalized spacial score (nSPS) is 35.8. The molecule has 1 saturated heterocycles. The van der Waals surface area contributed by atoms with Gasteiger partial charge >= 0.3 is 0 Å². The zero-order chi connectivity index (χ0) is 9.10. The summed E-state index contributed by atoms with van der Waals surface area (Å²) in [5, 5.41) is 8.95. The Balaban J connectivity index is 1.93. The average Bonchev–Trinajstić information content (AvgIpc) is 2.38. The van der Waals surface area contributed by atoms with Crippen molar-refractivity contribution in [3.8, 4) is 0 Å². The summed E-state index contributed by atoms with van der Waals surface area (Å²) in [5.74, 6) is 0.953. The van der Waals surface area contributed by atoms with Crippen molar-refractivity contribution < 1.29 is 5.11 Å². The van der Waals surface area contributed by atoms with Crippen LogP contribution in [0.15, 0.2) is 0 Å². The first-order chi connectivity index (χ1) is 6.42. The Morgan fingerprint density at radius 2 is 1.92 bits per heavy atom. The zero-order valence-electron chi connectivity index (χ0n) is 8.41. The number of aliphatic hydroxyl groups is 1. The van der Waals surface area contributed by atoms with Crippen LogP contribution < -0.4 is 0 Å². The highest BCUT2D eigenvalue weighted by atomic mass is 16.3. The van der Waals surface area contributed by atoms with E-state index in [-0.39, 0.29) is 0 Å². The van der Waals surface area contributed by atoms with E-state index in [4.69, 9.17) is 5.11 Å². The smallest absolute Gasteiger partial charge is 0.0558 e. The van der Waals surface area contributed by atoms with Crippen LogP contribution in [0.2, 0.25) is 0 Å². The molecule has 2 nitrogen and oxygen atoms in total. The van der Waals surface area contributed by atoms with Crippen LogP contribution in [0.25, 0.3) is 0 Å². The van der Waals surface area contributed by atoms with Crippen LogP contribution in [0.1, 0.15) is 38.5 Å². The van der Waals surface area contributed by atoms with Gasteiger partial charge in [0, 0.05) is 12.6 Å². The molecule has 1 heterocycles. The average molecular weight is 183 g/mol. The number of fused-ring (bicyclic) bond motifs is 1. The second kappa shape index (κ2) is 4.43. The number of aliphatic hydroxyl groups excluding tert-OH is 1. The molecule has 2 aliphatic rings. The van der Waals surface area contributed by atoms with Gasteiger partial charge in [-0.3, -0.25) is 4.90 Å². The van der Waals surface area contributed by atoms with Crippen LogP contribution in [0.4, 0.5) is 0 Å². The summed E-state index contributed by atoms with van der Waals surface area (Å²) in [6.07, 6.45) is 8.47. The monoisotopic (exact) mass is 183 g/mol. The molecule has 0 spiro atoms. The van der Waals surface area contributed by atoms with Crippen LogP contribution >= 0.6 is 0 Å². The van der Waals surface area contributed by atoms with Crippen LogP contribution in [0.3, 0.4) is 0 Å². The highest BCUT2D eigenvalue weighted by molar-refractivity contribution is 4.88. The quantitative estimate of drug-likeness (QED) is 0.703. The molecule has 1 saturated carbocycles. The molecule has 0 bridgehead atoms. The van der Waals surface area contributed by atoms with Crippen molar-refractivity contribution in [3.05, 3.63) is 0 Å². The second-order valence-electron chi connectivity index (χ2n) is 4.51. The van der Waals surface area contributed by atoms with E-state index in [2.05, 4.69) is 4.90 Å². The van der Waals surface area contributed by atoms with Gasteiger partial charge in [0.25, 0.3) is 0 Å². The fourth-order valence-electron chi connectivity index (χ4n) is 3.09. The summed E-state index contributed by atoms with van der Waals surface area (Å²) in [7, 11) is 0. The number of β-amino-alcohol motifs (C(OH)–C–C–N with tert-alkyl or cyclic N) is 1. The Bertz CT molecular complexity index is 160. The van der Waals surface area contributed by atoms with Crippen molar-refractivity contribution in [3.63, 3.8) is 0 Å². The van der Waals surface area contributed by atoms with E-state index < -0.39 is 0 Å². The number of hydrogen-bond acceptors (Lipinski definition) is 2. The number of rotatable bonds is 2. The lowest BCUT2D eigenvalue weighted by Crippen LogP contribution is -2.34. The van der Waals surface area contributed by atoms with Crippen molar-refractivity contribution in [2.24, 2.45) is 5.92 Å². The molecule has 1 aliphatic heterocycles. The Labute approximate surface area is 80.9 Å². The molecule has 2 unspecified atom stereocenters. The maximum atomic E-state index is 8.95. The molecule has 76 valence electrons. The first-order valence-electron chi connectivity index (χ1n) is 5.76. The first-order valence-corrected chi connectivity index (χ1v) is 5.76. The third-order valence-electron chi connectivity index (χ3n) is 3.76.